The molecule has 2 rings (SSSR count). The predicted molar refractivity (Wildman–Crippen MR) is 66.7 cm³/mol. The highest BCUT2D eigenvalue weighted by molar-refractivity contribution is 6.53. The Morgan fingerprint density at radius 1 is 0.938 bits per heavy atom. The van der Waals surface area contributed by atoms with Gasteiger partial charge in [-0.25, -0.2) is 4.39 Å². The second kappa shape index (κ2) is 5.50. The normalized spacial score (nSPS) is 10.1. The van der Waals surface area contributed by atoms with Gasteiger partial charge < -0.3 is 0 Å². The minimum absolute atomic E-state index is 0.173. The van der Waals surface area contributed by atoms with Gasteiger partial charge in [-0.2, -0.15) is 0 Å². The van der Waals surface area contributed by atoms with Crippen LogP contribution in [0.25, 0.3) is 0 Å². The standard InChI is InChI=1S/C14H13BF/c16-14-8-4-7-13(11-14)15-10-9-12-5-2-1-3-6-12/h1-8,11H,9-10H2. The number of hydrogen-bond acceptors (Lipinski definition) is 0. The highest BCUT2D eigenvalue weighted by Crippen LogP contribution is 2.02. The first-order chi connectivity index (χ1) is 7.84. The summed E-state index contributed by atoms with van der Waals surface area (Å²) in [5.41, 5.74) is 2.27. The molecule has 0 unspecified atom stereocenters. The summed E-state index contributed by atoms with van der Waals surface area (Å²) in [6.45, 7) is 0. The topological polar surface area (TPSA) is 0 Å². The number of benzene rings is 2. The maximum atomic E-state index is 12.9. The molecule has 0 bridgehead atoms. The minimum atomic E-state index is -0.173. The lowest BCUT2D eigenvalue weighted by Gasteiger charge is -2.01. The van der Waals surface area contributed by atoms with Crippen molar-refractivity contribution < 1.29 is 4.39 Å². The number of halogens is 1. The molecule has 0 spiro atoms. The van der Waals surface area contributed by atoms with E-state index in [-0.39, 0.29) is 5.82 Å². The number of aryl methyl sites for hydroxylation is 1. The molecule has 0 heterocycles. The fourth-order valence-corrected chi connectivity index (χ4v) is 1.68. The van der Waals surface area contributed by atoms with Crippen LogP contribution >= 0.6 is 0 Å². The van der Waals surface area contributed by atoms with Gasteiger partial charge in [0.2, 0.25) is 0 Å². The van der Waals surface area contributed by atoms with E-state index in [1.54, 1.807) is 12.1 Å². The molecule has 0 aromatic heterocycles. The monoisotopic (exact) mass is 211 g/mol. The Labute approximate surface area is 96.4 Å². The van der Waals surface area contributed by atoms with Gasteiger partial charge in [0.25, 0.3) is 0 Å². The van der Waals surface area contributed by atoms with Crippen molar-refractivity contribution in [3.63, 3.8) is 0 Å². The summed E-state index contributed by atoms with van der Waals surface area (Å²) in [6, 6.07) is 17.0. The maximum Gasteiger partial charge on any atom is 0.152 e. The van der Waals surface area contributed by atoms with Crippen molar-refractivity contribution in [3.05, 3.63) is 66.0 Å². The van der Waals surface area contributed by atoms with Crippen LogP contribution in [0.3, 0.4) is 0 Å². The van der Waals surface area contributed by atoms with Gasteiger partial charge in [-0.1, -0.05) is 54.2 Å². The molecule has 0 N–H and O–H groups in total. The molecule has 0 saturated heterocycles. The van der Waals surface area contributed by atoms with Crippen LogP contribution in [-0.4, -0.2) is 7.28 Å². The van der Waals surface area contributed by atoms with Gasteiger partial charge in [0.15, 0.2) is 7.28 Å². The second-order valence-corrected chi connectivity index (χ2v) is 3.78. The van der Waals surface area contributed by atoms with Gasteiger partial charge in [-0.3, -0.25) is 0 Å². The Morgan fingerprint density at radius 2 is 1.75 bits per heavy atom. The summed E-state index contributed by atoms with van der Waals surface area (Å²) in [7, 11) is 2.07. The van der Waals surface area contributed by atoms with E-state index in [0.717, 1.165) is 18.2 Å². The Balaban J connectivity index is 1.85. The smallest absolute Gasteiger partial charge is 0.152 e. The van der Waals surface area contributed by atoms with Crippen LogP contribution in [-0.2, 0) is 6.42 Å². The molecule has 0 atom stereocenters. The first kappa shape index (κ1) is 10.9. The summed E-state index contributed by atoms with van der Waals surface area (Å²) in [5, 5.41) is 0. The summed E-state index contributed by atoms with van der Waals surface area (Å²) in [6.07, 6.45) is 1.94. The molecule has 0 amide bonds. The van der Waals surface area contributed by atoms with Gasteiger partial charge in [-0.15, -0.1) is 0 Å². The van der Waals surface area contributed by atoms with Crippen LogP contribution < -0.4 is 5.46 Å². The molecule has 0 fully saturated rings. The lowest BCUT2D eigenvalue weighted by Crippen LogP contribution is -2.14. The van der Waals surface area contributed by atoms with E-state index in [0.29, 0.717) is 0 Å². The molecule has 0 aliphatic carbocycles. The Morgan fingerprint density at radius 3 is 2.50 bits per heavy atom. The van der Waals surface area contributed by atoms with E-state index in [1.165, 1.54) is 11.6 Å². The quantitative estimate of drug-likeness (QED) is 0.682. The molecule has 1 radical (unpaired) electrons. The highest BCUT2D eigenvalue weighted by atomic mass is 19.1. The van der Waals surface area contributed by atoms with Gasteiger partial charge in [0.05, 0.1) is 0 Å². The van der Waals surface area contributed by atoms with Crippen LogP contribution in [0.5, 0.6) is 0 Å². The lowest BCUT2D eigenvalue weighted by atomic mass is 9.66. The van der Waals surface area contributed by atoms with Crippen LogP contribution in [0.4, 0.5) is 4.39 Å². The maximum absolute atomic E-state index is 12.9. The lowest BCUT2D eigenvalue weighted by molar-refractivity contribution is 0.629. The Bertz CT molecular complexity index is 439. The van der Waals surface area contributed by atoms with Crippen molar-refractivity contribution in [2.45, 2.75) is 12.7 Å². The van der Waals surface area contributed by atoms with Crippen molar-refractivity contribution in [1.29, 1.82) is 0 Å². The van der Waals surface area contributed by atoms with Crippen LogP contribution in [0.2, 0.25) is 6.32 Å². The minimum Gasteiger partial charge on any atom is -0.207 e. The third-order valence-corrected chi connectivity index (χ3v) is 2.50. The number of hydrogen-bond donors (Lipinski definition) is 0. The average molecular weight is 211 g/mol. The summed E-state index contributed by atoms with van der Waals surface area (Å²) >= 11 is 0. The van der Waals surface area contributed by atoms with Crippen LogP contribution in [0, 0.1) is 5.82 Å². The zero-order valence-electron chi connectivity index (χ0n) is 9.07. The summed E-state index contributed by atoms with van der Waals surface area (Å²) < 4.78 is 12.9. The van der Waals surface area contributed by atoms with E-state index < -0.39 is 0 Å². The van der Waals surface area contributed by atoms with E-state index in [2.05, 4.69) is 19.4 Å². The Hall–Kier alpha value is -1.57. The SMILES string of the molecule is Fc1cccc([B]CCc2ccccc2)c1. The van der Waals surface area contributed by atoms with E-state index in [4.69, 9.17) is 0 Å². The molecule has 2 heteroatoms. The van der Waals surface area contributed by atoms with E-state index >= 15 is 0 Å². The van der Waals surface area contributed by atoms with Crippen LogP contribution in [0.1, 0.15) is 5.56 Å². The molecule has 79 valence electrons. The van der Waals surface area contributed by atoms with Gasteiger partial charge >= 0.3 is 0 Å². The zero-order chi connectivity index (χ0) is 11.2. The van der Waals surface area contributed by atoms with E-state index in [9.17, 15) is 4.39 Å². The first-order valence-electron chi connectivity index (χ1n) is 5.47. The molecule has 16 heavy (non-hydrogen) atoms. The van der Waals surface area contributed by atoms with Crippen molar-refractivity contribution >= 4 is 12.7 Å². The van der Waals surface area contributed by atoms with E-state index in [1.807, 2.05) is 24.3 Å². The second-order valence-electron chi connectivity index (χ2n) is 3.78. The summed E-state index contributed by atoms with van der Waals surface area (Å²) in [5.74, 6) is -0.173. The fraction of sp³-hybridized carbons (Fsp3) is 0.143. The van der Waals surface area contributed by atoms with Crippen molar-refractivity contribution in [2.24, 2.45) is 0 Å². The molecule has 0 aliphatic heterocycles. The molecule has 0 aliphatic rings. The third kappa shape index (κ3) is 3.23. The molecule has 0 saturated carbocycles. The molecule has 2 aromatic rings. The summed E-state index contributed by atoms with van der Waals surface area (Å²) in [4.78, 5) is 0. The predicted octanol–water partition coefficient (Wildman–Crippen LogP) is 2.82. The van der Waals surface area contributed by atoms with Crippen molar-refractivity contribution in [2.75, 3.05) is 0 Å². The van der Waals surface area contributed by atoms with Gasteiger partial charge in [0, 0.05) is 0 Å². The highest BCUT2D eigenvalue weighted by Gasteiger charge is 1.98. The fourth-order valence-electron chi connectivity index (χ4n) is 1.68. The largest absolute Gasteiger partial charge is 0.207 e. The molecule has 0 nitrogen and oxygen atoms in total. The number of rotatable bonds is 4. The molecular weight excluding hydrogens is 198 g/mol. The van der Waals surface area contributed by atoms with Gasteiger partial charge in [-0.05, 0) is 24.1 Å². The van der Waals surface area contributed by atoms with Crippen molar-refractivity contribution in [1.82, 2.24) is 0 Å². The molecular formula is C14H13BF. The molecule has 2 aromatic carbocycles. The third-order valence-electron chi connectivity index (χ3n) is 2.50. The van der Waals surface area contributed by atoms with Crippen molar-refractivity contribution in [3.8, 4) is 0 Å². The Kier molecular flexibility index (Phi) is 3.76. The van der Waals surface area contributed by atoms with Crippen LogP contribution in [0.15, 0.2) is 54.6 Å². The first-order valence-corrected chi connectivity index (χ1v) is 5.47. The average Bonchev–Trinajstić information content (AvgIpc) is 2.30. The zero-order valence-corrected chi connectivity index (χ0v) is 9.07. The van der Waals surface area contributed by atoms with Gasteiger partial charge in [0.1, 0.15) is 5.82 Å².